The normalized spacial score (nSPS) is 10.3. The first-order valence-corrected chi connectivity index (χ1v) is 5.04. The third kappa shape index (κ3) is 1.95. The van der Waals surface area contributed by atoms with Gasteiger partial charge in [-0.2, -0.15) is 5.10 Å². The predicted molar refractivity (Wildman–Crippen MR) is 61.6 cm³/mol. The molecule has 0 radical (unpaired) electrons. The smallest absolute Gasteiger partial charge is 0.239 e. The average molecular weight is 215 g/mol. The van der Waals surface area contributed by atoms with Crippen molar-refractivity contribution in [3.63, 3.8) is 0 Å². The average Bonchev–Trinajstić information content (AvgIpc) is 2.61. The van der Waals surface area contributed by atoms with Gasteiger partial charge in [0.1, 0.15) is 6.54 Å². The highest BCUT2D eigenvalue weighted by Gasteiger charge is 2.09. The second-order valence-corrected chi connectivity index (χ2v) is 3.63. The van der Waals surface area contributed by atoms with Crippen LogP contribution in [-0.2, 0) is 11.3 Å². The van der Waals surface area contributed by atoms with Crippen molar-refractivity contribution in [1.82, 2.24) is 9.78 Å². The minimum absolute atomic E-state index is 0.124. The van der Waals surface area contributed by atoms with E-state index in [4.69, 9.17) is 5.73 Å². The van der Waals surface area contributed by atoms with E-state index in [1.54, 1.807) is 10.9 Å². The summed E-state index contributed by atoms with van der Waals surface area (Å²) in [6.07, 6.45) is 1.76. The molecule has 0 aliphatic carbocycles. The molecule has 0 saturated heterocycles. The largest absolute Gasteiger partial charge is 0.368 e. The van der Waals surface area contributed by atoms with Crippen LogP contribution in [0.15, 0.2) is 36.5 Å². The summed E-state index contributed by atoms with van der Waals surface area (Å²) in [4.78, 5) is 10.8. The molecule has 2 aromatic rings. The second-order valence-electron chi connectivity index (χ2n) is 3.63. The molecule has 2 rings (SSSR count). The zero-order valence-electron chi connectivity index (χ0n) is 9.05. The van der Waals surface area contributed by atoms with Gasteiger partial charge in [-0.05, 0) is 12.5 Å². The fourth-order valence-electron chi connectivity index (χ4n) is 1.65. The van der Waals surface area contributed by atoms with Gasteiger partial charge in [-0.3, -0.25) is 9.48 Å². The van der Waals surface area contributed by atoms with Gasteiger partial charge in [-0.15, -0.1) is 0 Å². The van der Waals surface area contributed by atoms with Crippen LogP contribution in [0, 0.1) is 6.92 Å². The summed E-state index contributed by atoms with van der Waals surface area (Å²) >= 11 is 0. The number of nitrogens with zero attached hydrogens (tertiary/aromatic N) is 2. The summed E-state index contributed by atoms with van der Waals surface area (Å²) in [7, 11) is 0. The second kappa shape index (κ2) is 4.18. The molecule has 0 unspecified atom stereocenters. The molecule has 1 amide bonds. The highest BCUT2D eigenvalue weighted by molar-refractivity contribution is 5.74. The molecule has 4 heteroatoms. The van der Waals surface area contributed by atoms with Crippen molar-refractivity contribution in [2.75, 3.05) is 0 Å². The Kier molecular flexibility index (Phi) is 2.72. The van der Waals surface area contributed by atoms with Crippen LogP contribution >= 0.6 is 0 Å². The molecule has 0 fully saturated rings. The number of benzene rings is 1. The fourth-order valence-corrected chi connectivity index (χ4v) is 1.65. The van der Waals surface area contributed by atoms with E-state index < -0.39 is 0 Å². The quantitative estimate of drug-likeness (QED) is 0.840. The molecule has 0 atom stereocenters. The number of rotatable bonds is 3. The van der Waals surface area contributed by atoms with Crippen molar-refractivity contribution in [1.29, 1.82) is 0 Å². The van der Waals surface area contributed by atoms with Crippen molar-refractivity contribution in [2.24, 2.45) is 5.73 Å². The molecule has 1 aromatic heterocycles. The van der Waals surface area contributed by atoms with Crippen LogP contribution < -0.4 is 5.73 Å². The number of nitrogens with two attached hydrogens (primary N) is 1. The van der Waals surface area contributed by atoms with E-state index in [2.05, 4.69) is 5.10 Å². The van der Waals surface area contributed by atoms with Gasteiger partial charge in [0.05, 0.1) is 6.20 Å². The standard InChI is InChI=1S/C12H13N3O/c1-9-11(10-5-3-2-4-6-10)7-14-15(9)8-12(13)16/h2-7H,8H2,1H3,(H2,13,16). The highest BCUT2D eigenvalue weighted by Crippen LogP contribution is 2.22. The Morgan fingerprint density at radius 1 is 1.38 bits per heavy atom. The predicted octanol–water partition coefficient (Wildman–Crippen LogP) is 1.34. The van der Waals surface area contributed by atoms with Crippen molar-refractivity contribution < 1.29 is 4.79 Å². The van der Waals surface area contributed by atoms with Crippen LogP contribution in [-0.4, -0.2) is 15.7 Å². The maximum absolute atomic E-state index is 10.8. The minimum atomic E-state index is -0.384. The summed E-state index contributed by atoms with van der Waals surface area (Å²) < 4.78 is 1.62. The molecule has 0 saturated carbocycles. The van der Waals surface area contributed by atoms with Crippen LogP contribution in [0.1, 0.15) is 5.69 Å². The third-order valence-corrected chi connectivity index (χ3v) is 2.49. The van der Waals surface area contributed by atoms with E-state index >= 15 is 0 Å². The molecule has 1 heterocycles. The lowest BCUT2D eigenvalue weighted by Crippen LogP contribution is -2.20. The van der Waals surface area contributed by atoms with Gasteiger partial charge in [0.25, 0.3) is 0 Å². The van der Waals surface area contributed by atoms with Crippen LogP contribution in [0.5, 0.6) is 0 Å². The molecule has 0 aliphatic heterocycles. The Labute approximate surface area is 93.7 Å². The topological polar surface area (TPSA) is 60.9 Å². The number of carbonyl (C=O) groups is 1. The Hall–Kier alpha value is -2.10. The Morgan fingerprint density at radius 2 is 2.06 bits per heavy atom. The van der Waals surface area contributed by atoms with Gasteiger partial charge in [0.2, 0.25) is 5.91 Å². The first-order valence-electron chi connectivity index (χ1n) is 5.04. The highest BCUT2D eigenvalue weighted by atomic mass is 16.1. The van der Waals surface area contributed by atoms with Gasteiger partial charge >= 0.3 is 0 Å². The first-order chi connectivity index (χ1) is 7.68. The first kappa shape index (κ1) is 10.4. The summed E-state index contributed by atoms with van der Waals surface area (Å²) in [5, 5.41) is 4.15. The number of amides is 1. The number of hydrogen-bond donors (Lipinski definition) is 1. The van der Waals surface area contributed by atoms with Gasteiger partial charge in [-0.25, -0.2) is 0 Å². The molecular weight excluding hydrogens is 202 g/mol. The van der Waals surface area contributed by atoms with E-state index in [1.807, 2.05) is 37.3 Å². The molecule has 1 aromatic carbocycles. The fraction of sp³-hybridized carbons (Fsp3) is 0.167. The summed E-state index contributed by atoms with van der Waals surface area (Å²) in [6.45, 7) is 2.05. The van der Waals surface area contributed by atoms with Crippen LogP contribution in [0.3, 0.4) is 0 Å². The van der Waals surface area contributed by atoms with Crippen LogP contribution in [0.2, 0.25) is 0 Å². The number of carbonyl (C=O) groups excluding carboxylic acids is 1. The summed E-state index contributed by atoms with van der Waals surface area (Å²) in [6, 6.07) is 9.93. The van der Waals surface area contributed by atoms with Crippen molar-refractivity contribution in [2.45, 2.75) is 13.5 Å². The lowest BCUT2D eigenvalue weighted by atomic mass is 10.1. The van der Waals surface area contributed by atoms with E-state index in [0.717, 1.165) is 16.8 Å². The Balaban J connectivity index is 2.37. The number of primary amides is 1. The van der Waals surface area contributed by atoms with E-state index in [0.29, 0.717) is 0 Å². The monoisotopic (exact) mass is 215 g/mol. The molecule has 0 aliphatic rings. The lowest BCUT2D eigenvalue weighted by molar-refractivity contribution is -0.118. The van der Waals surface area contributed by atoms with Gasteiger partial charge < -0.3 is 5.73 Å². The SMILES string of the molecule is Cc1c(-c2ccccc2)cnn1CC(N)=O. The molecule has 0 bridgehead atoms. The lowest BCUT2D eigenvalue weighted by Gasteiger charge is -2.02. The molecule has 2 N–H and O–H groups in total. The van der Waals surface area contributed by atoms with E-state index in [9.17, 15) is 4.79 Å². The van der Waals surface area contributed by atoms with Crippen molar-refractivity contribution in [3.05, 3.63) is 42.2 Å². The maximum Gasteiger partial charge on any atom is 0.239 e. The number of aromatic nitrogens is 2. The molecule has 82 valence electrons. The Morgan fingerprint density at radius 3 is 2.69 bits per heavy atom. The maximum atomic E-state index is 10.8. The minimum Gasteiger partial charge on any atom is -0.368 e. The molecule has 16 heavy (non-hydrogen) atoms. The summed E-state index contributed by atoms with van der Waals surface area (Å²) in [5.41, 5.74) is 8.21. The molecular formula is C12H13N3O. The third-order valence-electron chi connectivity index (χ3n) is 2.49. The number of hydrogen-bond acceptors (Lipinski definition) is 2. The van der Waals surface area contributed by atoms with Crippen molar-refractivity contribution >= 4 is 5.91 Å². The van der Waals surface area contributed by atoms with Crippen molar-refractivity contribution in [3.8, 4) is 11.1 Å². The van der Waals surface area contributed by atoms with Gasteiger partial charge in [0, 0.05) is 11.3 Å². The Bertz CT molecular complexity index is 502. The zero-order valence-corrected chi connectivity index (χ0v) is 9.05. The van der Waals surface area contributed by atoms with Crippen LogP contribution in [0.4, 0.5) is 0 Å². The molecule has 4 nitrogen and oxygen atoms in total. The zero-order chi connectivity index (χ0) is 11.5. The summed E-state index contributed by atoms with van der Waals surface area (Å²) in [5.74, 6) is -0.384. The van der Waals surface area contributed by atoms with Gasteiger partial charge in [-0.1, -0.05) is 30.3 Å². The van der Waals surface area contributed by atoms with E-state index in [1.165, 1.54) is 0 Å². The molecule has 0 spiro atoms. The van der Waals surface area contributed by atoms with Gasteiger partial charge in [0.15, 0.2) is 0 Å². The van der Waals surface area contributed by atoms with Crippen LogP contribution in [0.25, 0.3) is 11.1 Å². The van der Waals surface area contributed by atoms with E-state index in [-0.39, 0.29) is 12.5 Å².